The topological polar surface area (TPSA) is 71.5 Å². The molecule has 3 rings (SSSR count). The smallest absolute Gasteiger partial charge is 0.274 e. The van der Waals surface area contributed by atoms with Crippen molar-refractivity contribution >= 4 is 34.1 Å². The van der Waals surface area contributed by atoms with E-state index < -0.39 is 5.91 Å². The number of nitrogens with zero attached hydrogens (tertiary/aromatic N) is 1. The molecule has 0 aliphatic carbocycles. The van der Waals surface area contributed by atoms with Gasteiger partial charge in [-0.1, -0.05) is 29.8 Å². The van der Waals surface area contributed by atoms with E-state index in [-0.39, 0.29) is 11.4 Å². The lowest BCUT2D eigenvalue weighted by atomic mass is 10.2. The normalized spacial score (nSPS) is 10.5. The van der Waals surface area contributed by atoms with Gasteiger partial charge in [0.25, 0.3) is 5.91 Å². The molecule has 0 saturated heterocycles. The molecular weight excluding hydrogens is 316 g/mol. The third-order valence-electron chi connectivity index (χ3n) is 3.34. The number of rotatable bonds is 3. The van der Waals surface area contributed by atoms with Crippen LogP contribution in [0, 0.1) is 0 Å². The number of phenols is 1. The van der Waals surface area contributed by atoms with Crippen LogP contribution in [-0.2, 0) is 0 Å². The number of benzene rings is 2. The molecule has 0 atom stereocenters. The standard InChI is InChI=1S/C17H13ClN2O3/c1-23-15-8-6-11(18)9-13(15)20-17(22)12-7-5-10-3-2-4-14(21)16(10)19-12/h2-9,21H,1H3,(H,20,22). The number of methoxy groups -OCH3 is 1. The summed E-state index contributed by atoms with van der Waals surface area (Å²) in [6, 6.07) is 13.3. The van der Waals surface area contributed by atoms with E-state index in [1.165, 1.54) is 13.2 Å². The quantitative estimate of drug-likeness (QED) is 0.766. The molecular formula is C17H13ClN2O3. The van der Waals surface area contributed by atoms with Crippen LogP contribution in [0.1, 0.15) is 10.5 Å². The fourth-order valence-corrected chi connectivity index (χ4v) is 2.39. The summed E-state index contributed by atoms with van der Waals surface area (Å²) in [4.78, 5) is 16.6. The zero-order chi connectivity index (χ0) is 16.4. The van der Waals surface area contributed by atoms with E-state index in [1.54, 1.807) is 36.4 Å². The fourth-order valence-electron chi connectivity index (χ4n) is 2.22. The molecule has 0 bridgehead atoms. The van der Waals surface area contributed by atoms with E-state index in [0.717, 1.165) is 5.39 Å². The molecule has 6 heteroatoms. The number of para-hydroxylation sites is 1. The number of halogens is 1. The maximum absolute atomic E-state index is 12.4. The van der Waals surface area contributed by atoms with Crippen LogP contribution in [0.3, 0.4) is 0 Å². The number of hydrogen-bond donors (Lipinski definition) is 2. The van der Waals surface area contributed by atoms with E-state index >= 15 is 0 Å². The average Bonchev–Trinajstić information content (AvgIpc) is 2.55. The zero-order valence-electron chi connectivity index (χ0n) is 12.2. The SMILES string of the molecule is COc1ccc(Cl)cc1NC(=O)c1ccc2cccc(O)c2n1. The summed E-state index contributed by atoms with van der Waals surface area (Å²) >= 11 is 5.95. The maximum atomic E-state index is 12.4. The second-order valence-corrected chi connectivity index (χ2v) is 5.28. The Balaban J connectivity index is 1.95. The van der Waals surface area contributed by atoms with Crippen molar-refractivity contribution in [3.05, 3.63) is 59.2 Å². The van der Waals surface area contributed by atoms with Crippen LogP contribution in [0.15, 0.2) is 48.5 Å². The minimum Gasteiger partial charge on any atom is -0.506 e. The van der Waals surface area contributed by atoms with Crippen molar-refractivity contribution in [2.24, 2.45) is 0 Å². The Morgan fingerprint density at radius 1 is 1.22 bits per heavy atom. The first-order chi connectivity index (χ1) is 11.1. The molecule has 0 radical (unpaired) electrons. The lowest BCUT2D eigenvalue weighted by Gasteiger charge is -2.10. The lowest BCUT2D eigenvalue weighted by Crippen LogP contribution is -2.14. The highest BCUT2D eigenvalue weighted by Crippen LogP contribution is 2.28. The molecule has 0 spiro atoms. The first kappa shape index (κ1) is 15.1. The minimum absolute atomic E-state index is 0.0255. The number of pyridine rings is 1. The number of amides is 1. The molecule has 0 fully saturated rings. The molecule has 1 heterocycles. The van der Waals surface area contributed by atoms with Gasteiger partial charge < -0.3 is 15.2 Å². The second kappa shape index (κ2) is 6.14. The number of phenolic OH excluding ortho intramolecular Hbond substituents is 1. The number of hydrogen-bond acceptors (Lipinski definition) is 4. The van der Waals surface area contributed by atoms with Gasteiger partial charge in [0.05, 0.1) is 12.8 Å². The van der Waals surface area contributed by atoms with Crippen molar-refractivity contribution in [3.8, 4) is 11.5 Å². The van der Waals surface area contributed by atoms with Gasteiger partial charge in [-0.3, -0.25) is 4.79 Å². The number of nitrogens with one attached hydrogen (secondary N) is 1. The van der Waals surface area contributed by atoms with Gasteiger partial charge in [-0.2, -0.15) is 0 Å². The van der Waals surface area contributed by atoms with Gasteiger partial charge in [0.1, 0.15) is 22.7 Å². The Kier molecular flexibility index (Phi) is 4.04. The van der Waals surface area contributed by atoms with Crippen LogP contribution in [0.5, 0.6) is 11.5 Å². The van der Waals surface area contributed by atoms with Gasteiger partial charge in [0, 0.05) is 10.4 Å². The van der Waals surface area contributed by atoms with Gasteiger partial charge in [-0.15, -0.1) is 0 Å². The third kappa shape index (κ3) is 3.05. The Bertz CT molecular complexity index is 896. The van der Waals surface area contributed by atoms with Crippen LogP contribution in [0.2, 0.25) is 5.02 Å². The summed E-state index contributed by atoms with van der Waals surface area (Å²) in [5.41, 5.74) is 1.00. The van der Waals surface area contributed by atoms with Gasteiger partial charge in [-0.25, -0.2) is 4.98 Å². The molecule has 5 nitrogen and oxygen atoms in total. The summed E-state index contributed by atoms with van der Waals surface area (Å²) < 4.78 is 5.19. The zero-order valence-corrected chi connectivity index (χ0v) is 13.0. The summed E-state index contributed by atoms with van der Waals surface area (Å²) in [5.74, 6) is 0.0968. The average molecular weight is 329 g/mol. The monoisotopic (exact) mass is 328 g/mol. The highest BCUT2D eigenvalue weighted by atomic mass is 35.5. The Labute approximate surface area is 137 Å². The Morgan fingerprint density at radius 2 is 2.04 bits per heavy atom. The van der Waals surface area contributed by atoms with Crippen molar-refractivity contribution in [2.45, 2.75) is 0 Å². The Morgan fingerprint density at radius 3 is 2.83 bits per heavy atom. The first-order valence-electron chi connectivity index (χ1n) is 6.82. The number of aromatic nitrogens is 1. The summed E-state index contributed by atoms with van der Waals surface area (Å²) in [6.45, 7) is 0. The van der Waals surface area contributed by atoms with Crippen molar-refractivity contribution in [1.82, 2.24) is 4.98 Å². The Hall–Kier alpha value is -2.79. The van der Waals surface area contributed by atoms with Gasteiger partial charge >= 0.3 is 0 Å². The largest absolute Gasteiger partial charge is 0.506 e. The van der Waals surface area contributed by atoms with Gasteiger partial charge in [-0.05, 0) is 30.3 Å². The van der Waals surface area contributed by atoms with Crippen LogP contribution in [-0.4, -0.2) is 23.1 Å². The van der Waals surface area contributed by atoms with E-state index in [9.17, 15) is 9.90 Å². The molecule has 0 aliphatic rings. The molecule has 1 aromatic heterocycles. The van der Waals surface area contributed by atoms with E-state index in [0.29, 0.717) is 22.0 Å². The van der Waals surface area contributed by atoms with Crippen molar-refractivity contribution in [2.75, 3.05) is 12.4 Å². The third-order valence-corrected chi connectivity index (χ3v) is 3.58. The number of carbonyl (C=O) groups is 1. The minimum atomic E-state index is -0.421. The predicted molar refractivity (Wildman–Crippen MR) is 89.4 cm³/mol. The predicted octanol–water partition coefficient (Wildman–Crippen LogP) is 3.85. The molecule has 0 unspecified atom stereocenters. The lowest BCUT2D eigenvalue weighted by molar-refractivity contribution is 0.102. The molecule has 0 saturated carbocycles. The van der Waals surface area contributed by atoms with Crippen LogP contribution >= 0.6 is 11.6 Å². The van der Waals surface area contributed by atoms with Crippen LogP contribution < -0.4 is 10.1 Å². The number of aromatic hydroxyl groups is 1. The highest BCUT2D eigenvalue weighted by molar-refractivity contribution is 6.31. The van der Waals surface area contributed by atoms with E-state index in [1.807, 2.05) is 6.07 Å². The highest BCUT2D eigenvalue weighted by Gasteiger charge is 2.13. The molecule has 0 aliphatic heterocycles. The number of anilines is 1. The van der Waals surface area contributed by atoms with Crippen molar-refractivity contribution in [1.29, 1.82) is 0 Å². The molecule has 23 heavy (non-hydrogen) atoms. The van der Waals surface area contributed by atoms with Crippen LogP contribution in [0.4, 0.5) is 5.69 Å². The fraction of sp³-hybridized carbons (Fsp3) is 0.0588. The van der Waals surface area contributed by atoms with Gasteiger partial charge in [0.15, 0.2) is 0 Å². The second-order valence-electron chi connectivity index (χ2n) is 4.84. The molecule has 1 amide bonds. The van der Waals surface area contributed by atoms with E-state index in [4.69, 9.17) is 16.3 Å². The number of carbonyl (C=O) groups excluding carboxylic acids is 1. The number of fused-ring (bicyclic) bond motifs is 1. The molecule has 2 aromatic carbocycles. The molecule has 116 valence electrons. The number of ether oxygens (including phenoxy) is 1. The van der Waals surface area contributed by atoms with Crippen molar-refractivity contribution in [3.63, 3.8) is 0 Å². The summed E-state index contributed by atoms with van der Waals surface area (Å²) in [7, 11) is 1.51. The van der Waals surface area contributed by atoms with E-state index in [2.05, 4.69) is 10.3 Å². The van der Waals surface area contributed by atoms with Crippen molar-refractivity contribution < 1.29 is 14.6 Å². The first-order valence-corrected chi connectivity index (χ1v) is 7.20. The summed E-state index contributed by atoms with van der Waals surface area (Å²) in [6.07, 6.45) is 0. The molecule has 3 aromatic rings. The summed E-state index contributed by atoms with van der Waals surface area (Å²) in [5, 5.41) is 13.8. The van der Waals surface area contributed by atoms with Gasteiger partial charge in [0.2, 0.25) is 0 Å². The maximum Gasteiger partial charge on any atom is 0.274 e. The van der Waals surface area contributed by atoms with Crippen LogP contribution in [0.25, 0.3) is 10.9 Å². The molecule has 2 N–H and O–H groups in total.